The van der Waals surface area contributed by atoms with Crippen molar-refractivity contribution < 1.29 is 22.8 Å². The molecule has 3 rings (SSSR count). The van der Waals surface area contributed by atoms with Crippen LogP contribution < -0.4 is 15.7 Å². The van der Waals surface area contributed by atoms with Crippen molar-refractivity contribution in [2.75, 3.05) is 24.4 Å². The molecule has 12 heteroatoms. The summed E-state index contributed by atoms with van der Waals surface area (Å²) in [6.07, 6.45) is -4.70. The maximum atomic E-state index is 13.8. The largest absolute Gasteiger partial charge is 0.417 e. The number of urea groups is 1. The van der Waals surface area contributed by atoms with E-state index in [1.54, 1.807) is 43.3 Å². The molecule has 0 aliphatic rings. The molecule has 164 valence electrons. The number of rotatable bonds is 5. The number of hydrogen-bond donors (Lipinski definition) is 2. The highest BCUT2D eigenvalue weighted by molar-refractivity contribution is 6.30. The van der Waals surface area contributed by atoms with Crippen LogP contribution in [-0.4, -0.2) is 35.0 Å². The molecule has 0 radical (unpaired) electrons. The second-order valence-corrected chi connectivity index (χ2v) is 6.88. The molecule has 2 aromatic carbocycles. The first-order valence-electron chi connectivity index (χ1n) is 8.82. The molecule has 1 aromatic heterocycles. The SMILES string of the molecule is CONC(=O)Nc1ccc(-c2nnc(N(C)c3cccc(Cl)c3)n2C)c(C(F)(F)F)c1. The van der Waals surface area contributed by atoms with Gasteiger partial charge in [-0.05, 0) is 36.4 Å². The fraction of sp³-hybridized carbons (Fsp3) is 0.211. The van der Waals surface area contributed by atoms with Crippen molar-refractivity contribution in [1.29, 1.82) is 0 Å². The van der Waals surface area contributed by atoms with E-state index in [4.69, 9.17) is 11.6 Å². The van der Waals surface area contributed by atoms with Gasteiger partial charge in [-0.2, -0.15) is 13.2 Å². The molecule has 0 saturated heterocycles. The van der Waals surface area contributed by atoms with Gasteiger partial charge in [0.2, 0.25) is 5.95 Å². The van der Waals surface area contributed by atoms with Gasteiger partial charge in [-0.15, -0.1) is 10.2 Å². The second kappa shape index (κ2) is 8.82. The molecular formula is C19H18ClF3N6O2. The van der Waals surface area contributed by atoms with Crippen molar-refractivity contribution in [3.05, 3.63) is 53.1 Å². The summed E-state index contributed by atoms with van der Waals surface area (Å²) < 4.78 is 42.8. The number of amides is 2. The van der Waals surface area contributed by atoms with Gasteiger partial charge in [0.1, 0.15) is 0 Å². The van der Waals surface area contributed by atoms with E-state index < -0.39 is 17.8 Å². The minimum atomic E-state index is -4.70. The van der Waals surface area contributed by atoms with Crippen LogP contribution in [0.1, 0.15) is 5.56 Å². The smallest absolute Gasteiger partial charge is 0.314 e. The van der Waals surface area contributed by atoms with E-state index in [0.717, 1.165) is 6.07 Å². The lowest BCUT2D eigenvalue weighted by molar-refractivity contribution is -0.137. The van der Waals surface area contributed by atoms with Gasteiger partial charge in [0.05, 0.1) is 12.7 Å². The van der Waals surface area contributed by atoms with Crippen LogP contribution in [0.15, 0.2) is 42.5 Å². The first-order chi connectivity index (χ1) is 14.6. The van der Waals surface area contributed by atoms with Crippen LogP contribution in [0.5, 0.6) is 0 Å². The van der Waals surface area contributed by atoms with Crippen LogP contribution in [0, 0.1) is 0 Å². The van der Waals surface area contributed by atoms with Crippen LogP contribution in [0.25, 0.3) is 11.4 Å². The molecule has 0 spiro atoms. The maximum Gasteiger partial charge on any atom is 0.417 e. The minimum Gasteiger partial charge on any atom is -0.314 e. The van der Waals surface area contributed by atoms with Gasteiger partial charge in [-0.25, -0.2) is 10.3 Å². The van der Waals surface area contributed by atoms with Crippen molar-refractivity contribution >= 4 is 35.0 Å². The summed E-state index contributed by atoms with van der Waals surface area (Å²) in [6.45, 7) is 0. The van der Waals surface area contributed by atoms with Gasteiger partial charge in [-0.1, -0.05) is 17.7 Å². The summed E-state index contributed by atoms with van der Waals surface area (Å²) in [5.74, 6) is 0.316. The number of carbonyl (C=O) groups excluding carboxylic acids is 1. The van der Waals surface area contributed by atoms with Crippen molar-refractivity contribution in [2.24, 2.45) is 7.05 Å². The monoisotopic (exact) mass is 454 g/mol. The van der Waals surface area contributed by atoms with E-state index in [1.165, 1.54) is 23.8 Å². The quantitative estimate of drug-likeness (QED) is 0.550. The Balaban J connectivity index is 2.01. The zero-order valence-corrected chi connectivity index (χ0v) is 17.4. The molecule has 2 amide bonds. The van der Waals surface area contributed by atoms with Crippen molar-refractivity contribution in [1.82, 2.24) is 20.2 Å². The van der Waals surface area contributed by atoms with Crippen molar-refractivity contribution in [3.8, 4) is 11.4 Å². The number of hydrogen-bond acceptors (Lipinski definition) is 5. The number of nitrogens with one attached hydrogen (secondary N) is 2. The van der Waals surface area contributed by atoms with Crippen LogP contribution in [0.4, 0.5) is 35.3 Å². The second-order valence-electron chi connectivity index (χ2n) is 6.44. The summed E-state index contributed by atoms with van der Waals surface area (Å²) >= 11 is 6.02. The van der Waals surface area contributed by atoms with E-state index in [0.29, 0.717) is 16.7 Å². The highest BCUT2D eigenvalue weighted by Crippen LogP contribution is 2.39. The van der Waals surface area contributed by atoms with Gasteiger partial charge < -0.3 is 10.2 Å². The Morgan fingerprint density at radius 3 is 2.58 bits per heavy atom. The normalized spacial score (nSPS) is 11.3. The Labute approximate surface area is 180 Å². The van der Waals surface area contributed by atoms with Crippen LogP contribution >= 0.6 is 11.6 Å². The minimum absolute atomic E-state index is 0.00379. The predicted octanol–water partition coefficient (Wildman–Crippen LogP) is 4.61. The van der Waals surface area contributed by atoms with E-state index in [2.05, 4.69) is 20.4 Å². The Bertz CT molecular complexity index is 1100. The van der Waals surface area contributed by atoms with Crippen LogP contribution in [-0.2, 0) is 18.1 Å². The number of alkyl halides is 3. The van der Waals surface area contributed by atoms with Crippen LogP contribution in [0.3, 0.4) is 0 Å². The zero-order chi connectivity index (χ0) is 22.8. The van der Waals surface area contributed by atoms with E-state index in [-0.39, 0.29) is 17.1 Å². The number of carbonyl (C=O) groups is 1. The Hall–Kier alpha value is -3.31. The average Bonchev–Trinajstić information content (AvgIpc) is 3.08. The molecule has 31 heavy (non-hydrogen) atoms. The number of aromatic nitrogens is 3. The molecule has 0 aliphatic heterocycles. The lowest BCUT2D eigenvalue weighted by Gasteiger charge is -2.19. The molecule has 0 fully saturated rings. The summed E-state index contributed by atoms with van der Waals surface area (Å²) in [5, 5.41) is 10.8. The lowest BCUT2D eigenvalue weighted by atomic mass is 10.1. The number of nitrogens with zero attached hydrogens (tertiary/aromatic N) is 4. The first kappa shape index (κ1) is 22.4. The van der Waals surface area contributed by atoms with E-state index in [1.807, 2.05) is 5.48 Å². The molecule has 0 aliphatic carbocycles. The average molecular weight is 455 g/mol. The van der Waals surface area contributed by atoms with Crippen LogP contribution in [0.2, 0.25) is 5.02 Å². The van der Waals surface area contributed by atoms with Crippen molar-refractivity contribution in [3.63, 3.8) is 0 Å². The highest BCUT2D eigenvalue weighted by atomic mass is 35.5. The zero-order valence-electron chi connectivity index (χ0n) is 16.7. The van der Waals surface area contributed by atoms with Gasteiger partial charge in [-0.3, -0.25) is 9.40 Å². The topological polar surface area (TPSA) is 84.3 Å². The third-order valence-electron chi connectivity index (χ3n) is 4.37. The molecule has 3 aromatic rings. The number of hydroxylamine groups is 1. The standard InChI is InChI=1S/C19H18ClF3N6O2/c1-28(13-6-4-5-11(20)9-13)18-26-25-16(29(18)2)14-8-7-12(24-17(30)27-31-3)10-15(14)19(21,22)23/h4-10H,1-3H3,(H2,24,27,30). The summed E-state index contributed by atoms with van der Waals surface area (Å²) in [6, 6.07) is 9.49. The summed E-state index contributed by atoms with van der Waals surface area (Å²) in [5.41, 5.74) is 1.43. The molecule has 8 nitrogen and oxygen atoms in total. The molecule has 2 N–H and O–H groups in total. The lowest BCUT2D eigenvalue weighted by Crippen LogP contribution is -2.27. The number of benzene rings is 2. The Morgan fingerprint density at radius 2 is 1.94 bits per heavy atom. The summed E-state index contributed by atoms with van der Waals surface area (Å²) in [7, 11) is 4.46. The fourth-order valence-electron chi connectivity index (χ4n) is 2.95. The molecule has 0 unspecified atom stereocenters. The first-order valence-corrected chi connectivity index (χ1v) is 9.20. The highest BCUT2D eigenvalue weighted by Gasteiger charge is 2.35. The van der Waals surface area contributed by atoms with Gasteiger partial charge in [0.25, 0.3) is 0 Å². The Kier molecular flexibility index (Phi) is 6.37. The van der Waals surface area contributed by atoms with Gasteiger partial charge in [0.15, 0.2) is 5.82 Å². The molecule has 0 bridgehead atoms. The molecule has 0 saturated carbocycles. The predicted molar refractivity (Wildman–Crippen MR) is 110 cm³/mol. The maximum absolute atomic E-state index is 13.8. The molecule has 0 atom stereocenters. The van der Waals surface area contributed by atoms with Gasteiger partial charge in [0, 0.05) is 36.1 Å². The number of anilines is 3. The van der Waals surface area contributed by atoms with E-state index in [9.17, 15) is 18.0 Å². The third-order valence-corrected chi connectivity index (χ3v) is 4.60. The molecule has 1 heterocycles. The third kappa shape index (κ3) is 4.89. The van der Waals surface area contributed by atoms with Crippen molar-refractivity contribution in [2.45, 2.75) is 6.18 Å². The number of halogens is 4. The van der Waals surface area contributed by atoms with E-state index >= 15 is 0 Å². The Morgan fingerprint density at radius 1 is 1.19 bits per heavy atom. The molecular weight excluding hydrogens is 437 g/mol. The fourth-order valence-corrected chi connectivity index (χ4v) is 3.13. The summed E-state index contributed by atoms with van der Waals surface area (Å²) in [4.78, 5) is 17.6. The van der Waals surface area contributed by atoms with Gasteiger partial charge >= 0.3 is 12.2 Å².